The molecule has 0 spiro atoms. The Bertz CT molecular complexity index is 1290. The molecule has 198 valence electrons. The maximum absolute atomic E-state index is 13.5. The lowest BCUT2D eigenvalue weighted by Gasteiger charge is -2.32. The molecule has 0 bridgehead atoms. The van der Waals surface area contributed by atoms with Gasteiger partial charge in [-0.3, -0.25) is 15.4 Å². The van der Waals surface area contributed by atoms with Crippen molar-refractivity contribution < 1.29 is 14.0 Å². The number of carbonyl (C=O) groups excluding carboxylic acids is 2. The number of piperazine rings is 1. The van der Waals surface area contributed by atoms with Crippen LogP contribution in [0.15, 0.2) is 30.3 Å². The Balaban J connectivity index is 1.57. The first-order valence-electron chi connectivity index (χ1n) is 12.1. The fourth-order valence-corrected chi connectivity index (χ4v) is 6.42. The van der Waals surface area contributed by atoms with Gasteiger partial charge in [0.25, 0.3) is 5.91 Å². The van der Waals surface area contributed by atoms with E-state index in [1.165, 1.54) is 23.5 Å². The van der Waals surface area contributed by atoms with E-state index in [1.54, 1.807) is 16.8 Å². The van der Waals surface area contributed by atoms with E-state index in [2.05, 4.69) is 50.3 Å². The summed E-state index contributed by atoms with van der Waals surface area (Å²) in [6.45, 7) is 11.1. The van der Waals surface area contributed by atoms with Gasteiger partial charge in [-0.1, -0.05) is 43.4 Å². The van der Waals surface area contributed by atoms with Crippen LogP contribution in [0.1, 0.15) is 47.3 Å². The predicted molar refractivity (Wildman–Crippen MR) is 155 cm³/mol. The highest BCUT2D eigenvalue weighted by molar-refractivity contribution is 14.1. The molecule has 1 aromatic carbocycles. The normalized spacial score (nSPS) is 14.6. The molecule has 4 rings (SSSR count). The van der Waals surface area contributed by atoms with Crippen LogP contribution >= 0.6 is 33.9 Å². The molecule has 1 fully saturated rings. The van der Waals surface area contributed by atoms with Gasteiger partial charge in [-0.05, 0) is 49.4 Å². The van der Waals surface area contributed by atoms with Crippen LogP contribution in [0, 0.1) is 12.7 Å². The highest BCUT2D eigenvalue weighted by Crippen LogP contribution is 2.36. The molecule has 11 heteroatoms. The molecule has 8 nitrogen and oxygen atoms in total. The van der Waals surface area contributed by atoms with Gasteiger partial charge in [-0.15, -0.1) is 11.3 Å². The van der Waals surface area contributed by atoms with E-state index in [0.717, 1.165) is 29.9 Å². The molecule has 1 aliphatic rings. The van der Waals surface area contributed by atoms with Gasteiger partial charge in [0, 0.05) is 42.1 Å². The van der Waals surface area contributed by atoms with E-state index in [4.69, 9.17) is 0 Å². The van der Waals surface area contributed by atoms with Gasteiger partial charge < -0.3 is 9.80 Å². The number of urea groups is 1. The topological polar surface area (TPSA) is 82.5 Å². The van der Waals surface area contributed by atoms with Gasteiger partial charge in [0.2, 0.25) is 0 Å². The van der Waals surface area contributed by atoms with Gasteiger partial charge in [0.05, 0.1) is 16.3 Å². The van der Waals surface area contributed by atoms with E-state index in [9.17, 15) is 14.0 Å². The molecule has 2 aromatic heterocycles. The SMILES string of the molecule is Cc1c(NC(=O)Nc2cc(C(C)(C)C)nn2-c2ccc(F)cc2)sc(C(=O)N2CCN(C)CC2)c1CI. The van der Waals surface area contributed by atoms with Crippen LogP contribution in [0.25, 0.3) is 5.69 Å². The Morgan fingerprint density at radius 1 is 1.11 bits per heavy atom. The van der Waals surface area contributed by atoms with Crippen molar-refractivity contribution in [1.82, 2.24) is 19.6 Å². The summed E-state index contributed by atoms with van der Waals surface area (Å²) in [7, 11) is 2.06. The lowest BCUT2D eigenvalue weighted by Crippen LogP contribution is -2.47. The number of aromatic nitrogens is 2. The van der Waals surface area contributed by atoms with Gasteiger partial charge in [0.15, 0.2) is 0 Å². The number of amides is 3. The van der Waals surface area contributed by atoms with Crippen LogP contribution in [0.2, 0.25) is 0 Å². The smallest absolute Gasteiger partial charge is 0.325 e. The number of alkyl halides is 1. The third-order valence-electron chi connectivity index (χ3n) is 6.41. The van der Waals surface area contributed by atoms with Crippen molar-refractivity contribution in [3.8, 4) is 5.69 Å². The summed E-state index contributed by atoms with van der Waals surface area (Å²) >= 11 is 3.58. The Morgan fingerprint density at radius 3 is 2.35 bits per heavy atom. The largest absolute Gasteiger partial charge is 0.335 e. The van der Waals surface area contributed by atoms with Crippen molar-refractivity contribution in [2.75, 3.05) is 43.9 Å². The number of nitrogens with zero attached hydrogens (tertiary/aromatic N) is 4. The lowest BCUT2D eigenvalue weighted by molar-refractivity contribution is 0.0668. The Morgan fingerprint density at radius 2 is 1.76 bits per heavy atom. The number of thiophene rings is 1. The molecule has 0 aliphatic carbocycles. The quantitative estimate of drug-likeness (QED) is 0.280. The zero-order valence-corrected chi connectivity index (χ0v) is 24.7. The molecule has 37 heavy (non-hydrogen) atoms. The molecule has 0 radical (unpaired) electrons. The Kier molecular flexibility index (Phi) is 8.24. The first kappa shape index (κ1) is 27.5. The van der Waals surface area contributed by atoms with Gasteiger partial charge in [0.1, 0.15) is 16.6 Å². The molecule has 2 N–H and O–H groups in total. The molecule has 0 atom stereocenters. The highest BCUT2D eigenvalue weighted by atomic mass is 127. The van der Waals surface area contributed by atoms with Crippen molar-refractivity contribution in [1.29, 1.82) is 0 Å². The number of rotatable bonds is 5. The number of anilines is 2. The predicted octanol–water partition coefficient (Wildman–Crippen LogP) is 5.65. The molecule has 1 aliphatic heterocycles. The fraction of sp³-hybridized carbons (Fsp3) is 0.423. The summed E-state index contributed by atoms with van der Waals surface area (Å²) in [5.41, 5.74) is 3.01. The van der Waals surface area contributed by atoms with Crippen molar-refractivity contribution >= 4 is 56.7 Å². The Labute approximate surface area is 234 Å². The maximum atomic E-state index is 13.5. The summed E-state index contributed by atoms with van der Waals surface area (Å²) in [5, 5.41) is 11.2. The minimum Gasteiger partial charge on any atom is -0.335 e. The zero-order valence-electron chi connectivity index (χ0n) is 21.7. The molecular weight excluding hydrogens is 606 g/mol. The van der Waals surface area contributed by atoms with Crippen LogP contribution < -0.4 is 10.6 Å². The van der Waals surface area contributed by atoms with Crippen LogP contribution in [0.3, 0.4) is 0 Å². The van der Waals surface area contributed by atoms with Crippen molar-refractivity contribution in [3.05, 3.63) is 57.8 Å². The van der Waals surface area contributed by atoms with E-state index in [1.807, 2.05) is 38.7 Å². The minimum absolute atomic E-state index is 0.0190. The van der Waals surface area contributed by atoms with Crippen molar-refractivity contribution in [3.63, 3.8) is 0 Å². The number of nitrogens with one attached hydrogen (secondary N) is 2. The second-order valence-corrected chi connectivity index (χ2v) is 12.0. The average Bonchev–Trinajstić information content (AvgIpc) is 3.40. The molecule has 3 amide bonds. The van der Waals surface area contributed by atoms with Crippen LogP contribution in [-0.2, 0) is 9.84 Å². The molecule has 0 unspecified atom stereocenters. The molecule has 3 aromatic rings. The third-order valence-corrected chi connectivity index (χ3v) is 8.41. The summed E-state index contributed by atoms with van der Waals surface area (Å²) in [6.07, 6.45) is 0. The minimum atomic E-state index is -0.438. The summed E-state index contributed by atoms with van der Waals surface area (Å²) in [4.78, 5) is 31.2. The number of hydrogen-bond donors (Lipinski definition) is 2. The van der Waals surface area contributed by atoms with E-state index < -0.39 is 6.03 Å². The van der Waals surface area contributed by atoms with E-state index in [-0.39, 0.29) is 17.1 Å². The number of benzene rings is 1. The van der Waals surface area contributed by atoms with Crippen LogP contribution in [-0.4, -0.2) is 64.7 Å². The molecule has 3 heterocycles. The monoisotopic (exact) mass is 638 g/mol. The van der Waals surface area contributed by atoms with Crippen molar-refractivity contribution in [2.45, 2.75) is 37.5 Å². The number of hydrogen-bond acceptors (Lipinski definition) is 5. The number of likely N-dealkylation sites (N-methyl/N-ethyl adjacent to an activating group) is 1. The number of halogens is 2. The highest BCUT2D eigenvalue weighted by Gasteiger charge is 2.27. The van der Waals surface area contributed by atoms with Gasteiger partial charge >= 0.3 is 6.03 Å². The van der Waals surface area contributed by atoms with E-state index >= 15 is 0 Å². The third kappa shape index (κ3) is 6.15. The summed E-state index contributed by atoms with van der Waals surface area (Å²) in [5.74, 6) is 0.136. The van der Waals surface area contributed by atoms with Gasteiger partial charge in [-0.25, -0.2) is 13.9 Å². The second kappa shape index (κ2) is 11.1. The fourth-order valence-electron chi connectivity index (χ4n) is 4.02. The standard InChI is InChI=1S/C26H32FIN6O2S/c1-16-19(15-28)22(24(35)33-12-10-32(5)11-13-33)37-23(16)30-25(36)29-21-14-20(26(2,3)4)31-34(21)18-8-6-17(27)7-9-18/h6-9,14H,10-13,15H2,1-5H3,(H2,29,30,36). The number of carbonyl (C=O) groups is 2. The molecular formula is C26H32FIN6O2S. The van der Waals surface area contributed by atoms with Gasteiger partial charge in [-0.2, -0.15) is 5.10 Å². The molecule has 1 saturated heterocycles. The van der Waals surface area contributed by atoms with Crippen LogP contribution in [0.4, 0.5) is 20.0 Å². The maximum Gasteiger partial charge on any atom is 0.325 e. The first-order chi connectivity index (χ1) is 17.5. The summed E-state index contributed by atoms with van der Waals surface area (Å²) < 4.78 is 15.8. The second-order valence-electron chi connectivity index (χ2n) is 10.2. The first-order valence-corrected chi connectivity index (χ1v) is 14.4. The molecule has 0 saturated carbocycles. The van der Waals surface area contributed by atoms with Crippen molar-refractivity contribution in [2.24, 2.45) is 0 Å². The average molecular weight is 639 g/mol. The summed E-state index contributed by atoms with van der Waals surface area (Å²) in [6, 6.07) is 7.33. The van der Waals surface area contributed by atoms with E-state index in [0.29, 0.717) is 38.9 Å². The zero-order chi connectivity index (χ0) is 26.9. The lowest BCUT2D eigenvalue weighted by atomic mass is 9.92. The Hall–Kier alpha value is -2.51. The van der Waals surface area contributed by atoms with Crippen LogP contribution in [0.5, 0.6) is 0 Å².